The van der Waals surface area contributed by atoms with Crippen molar-refractivity contribution in [3.05, 3.63) is 40.6 Å². The minimum absolute atomic E-state index is 0.369. The third kappa shape index (κ3) is 1.65. The lowest BCUT2D eigenvalue weighted by Crippen LogP contribution is -2.02. The Bertz CT molecular complexity index is 717. The van der Waals surface area contributed by atoms with E-state index in [4.69, 9.17) is 5.73 Å². The fourth-order valence-electron chi connectivity index (χ4n) is 1.78. The van der Waals surface area contributed by atoms with E-state index in [1.165, 1.54) is 5.56 Å². The minimum atomic E-state index is 0.369. The van der Waals surface area contributed by atoms with Crippen molar-refractivity contribution in [2.24, 2.45) is 0 Å². The van der Waals surface area contributed by atoms with Crippen molar-refractivity contribution in [3.8, 4) is 11.3 Å². The lowest BCUT2D eigenvalue weighted by atomic mass is 10.1. The van der Waals surface area contributed by atoms with Crippen LogP contribution in [0.2, 0.25) is 0 Å². The first-order valence-corrected chi connectivity index (χ1v) is 6.18. The Hall–Kier alpha value is -1.95. The van der Waals surface area contributed by atoms with E-state index in [1.54, 1.807) is 10.7 Å². The van der Waals surface area contributed by atoms with Gasteiger partial charge in [-0.25, -0.2) is 4.98 Å². The fourth-order valence-corrected chi connectivity index (χ4v) is 2.37. The van der Waals surface area contributed by atoms with Gasteiger partial charge in [-0.05, 0) is 22.9 Å². The second kappa shape index (κ2) is 4.06. The molecule has 6 heteroatoms. The second-order valence-electron chi connectivity index (χ2n) is 4.02. The van der Waals surface area contributed by atoms with Gasteiger partial charge in [0.05, 0.1) is 10.2 Å². The van der Waals surface area contributed by atoms with Crippen LogP contribution in [0.25, 0.3) is 16.9 Å². The summed E-state index contributed by atoms with van der Waals surface area (Å²) in [6.07, 6.45) is 1.54. The van der Waals surface area contributed by atoms with E-state index in [-0.39, 0.29) is 0 Å². The highest BCUT2D eigenvalue weighted by Gasteiger charge is 2.13. The highest BCUT2D eigenvalue weighted by Crippen LogP contribution is 2.30. The van der Waals surface area contributed by atoms with Gasteiger partial charge in [-0.2, -0.15) is 0 Å². The van der Waals surface area contributed by atoms with Crippen molar-refractivity contribution in [1.29, 1.82) is 0 Å². The summed E-state index contributed by atoms with van der Waals surface area (Å²) in [6.45, 7) is 2.04. The number of hydrogen-bond donors (Lipinski definition) is 1. The number of rotatable bonds is 1. The van der Waals surface area contributed by atoms with Gasteiger partial charge >= 0.3 is 0 Å². The van der Waals surface area contributed by atoms with Gasteiger partial charge < -0.3 is 5.73 Å². The van der Waals surface area contributed by atoms with E-state index in [0.29, 0.717) is 11.6 Å². The number of aromatic nitrogens is 4. The molecule has 3 rings (SSSR count). The standard InChI is InChI=1S/C12H10BrN5/c1-7-2-4-8(5-3-7)10-9(13)11-17-15-6-18(11)12(14)16-10/h2-6H,1H3,(H2,14,16). The average molecular weight is 304 g/mol. The van der Waals surface area contributed by atoms with Gasteiger partial charge in [-0.15, -0.1) is 10.2 Å². The first-order chi connectivity index (χ1) is 8.66. The minimum Gasteiger partial charge on any atom is -0.369 e. The quantitative estimate of drug-likeness (QED) is 0.749. The Morgan fingerprint density at radius 2 is 1.94 bits per heavy atom. The Labute approximate surface area is 112 Å². The van der Waals surface area contributed by atoms with Gasteiger partial charge in [0.2, 0.25) is 5.95 Å². The Morgan fingerprint density at radius 3 is 2.67 bits per heavy atom. The molecule has 1 aromatic carbocycles. The number of nitrogens with two attached hydrogens (primary N) is 1. The summed E-state index contributed by atoms with van der Waals surface area (Å²) in [6, 6.07) is 8.09. The summed E-state index contributed by atoms with van der Waals surface area (Å²) in [5.41, 5.74) is 9.52. The zero-order valence-corrected chi connectivity index (χ0v) is 11.2. The van der Waals surface area contributed by atoms with Crippen LogP contribution >= 0.6 is 15.9 Å². The van der Waals surface area contributed by atoms with Crippen LogP contribution in [0.4, 0.5) is 5.95 Å². The van der Waals surface area contributed by atoms with Crippen LogP contribution in [0.1, 0.15) is 5.56 Å². The molecule has 0 saturated heterocycles. The Balaban J connectivity index is 2.29. The van der Waals surface area contributed by atoms with Crippen LogP contribution in [-0.4, -0.2) is 19.6 Å². The summed E-state index contributed by atoms with van der Waals surface area (Å²) < 4.78 is 2.43. The highest BCUT2D eigenvalue weighted by molar-refractivity contribution is 9.10. The number of nitrogen functional groups attached to an aromatic ring is 1. The van der Waals surface area contributed by atoms with Crippen LogP contribution in [0.3, 0.4) is 0 Å². The lowest BCUT2D eigenvalue weighted by molar-refractivity contribution is 1.08. The van der Waals surface area contributed by atoms with Gasteiger partial charge in [0.25, 0.3) is 0 Å². The monoisotopic (exact) mass is 303 g/mol. The third-order valence-corrected chi connectivity index (χ3v) is 3.48. The van der Waals surface area contributed by atoms with Crippen molar-refractivity contribution >= 4 is 27.5 Å². The molecular formula is C12H10BrN5. The Kier molecular flexibility index (Phi) is 2.52. The summed E-state index contributed by atoms with van der Waals surface area (Å²) in [7, 11) is 0. The van der Waals surface area contributed by atoms with Crippen molar-refractivity contribution in [2.45, 2.75) is 6.92 Å². The molecule has 0 bridgehead atoms. The second-order valence-corrected chi connectivity index (χ2v) is 4.82. The maximum Gasteiger partial charge on any atom is 0.207 e. The molecule has 0 fully saturated rings. The van der Waals surface area contributed by atoms with Gasteiger partial charge in [0.15, 0.2) is 5.65 Å². The molecule has 0 aliphatic carbocycles. The number of aryl methyl sites for hydroxylation is 1. The number of fused-ring (bicyclic) bond motifs is 1. The zero-order valence-electron chi connectivity index (χ0n) is 9.63. The molecule has 0 amide bonds. The molecule has 2 N–H and O–H groups in total. The van der Waals surface area contributed by atoms with Crippen LogP contribution in [-0.2, 0) is 0 Å². The predicted molar refractivity (Wildman–Crippen MR) is 73.1 cm³/mol. The van der Waals surface area contributed by atoms with Crippen molar-refractivity contribution in [1.82, 2.24) is 19.6 Å². The molecule has 0 unspecified atom stereocenters. The molecule has 18 heavy (non-hydrogen) atoms. The van der Waals surface area contributed by atoms with Crippen molar-refractivity contribution < 1.29 is 0 Å². The van der Waals surface area contributed by atoms with Crippen LogP contribution in [0.5, 0.6) is 0 Å². The molecule has 3 aromatic rings. The van der Waals surface area contributed by atoms with Crippen LogP contribution < -0.4 is 5.73 Å². The van der Waals surface area contributed by atoms with E-state index in [1.807, 2.05) is 31.2 Å². The van der Waals surface area contributed by atoms with Crippen LogP contribution in [0.15, 0.2) is 35.1 Å². The largest absolute Gasteiger partial charge is 0.369 e. The third-order valence-electron chi connectivity index (χ3n) is 2.75. The fraction of sp³-hybridized carbons (Fsp3) is 0.0833. The average Bonchev–Trinajstić information content (AvgIpc) is 2.85. The number of nitrogens with zero attached hydrogens (tertiary/aromatic N) is 4. The summed E-state index contributed by atoms with van der Waals surface area (Å²) in [5.74, 6) is 0.369. The molecule has 0 aliphatic heterocycles. The van der Waals surface area contributed by atoms with Crippen LogP contribution in [0, 0.1) is 6.92 Å². The first-order valence-electron chi connectivity index (χ1n) is 5.38. The van der Waals surface area contributed by atoms with Gasteiger partial charge in [-0.1, -0.05) is 29.8 Å². The van der Waals surface area contributed by atoms with E-state index in [2.05, 4.69) is 31.1 Å². The Morgan fingerprint density at radius 1 is 1.22 bits per heavy atom. The number of halogens is 1. The van der Waals surface area contributed by atoms with Gasteiger partial charge in [0.1, 0.15) is 6.33 Å². The summed E-state index contributed by atoms with van der Waals surface area (Å²) in [5, 5.41) is 7.86. The molecule has 90 valence electrons. The SMILES string of the molecule is Cc1ccc(-c2nc(N)n3cnnc3c2Br)cc1. The molecule has 0 radical (unpaired) electrons. The maximum atomic E-state index is 5.89. The number of hydrogen-bond acceptors (Lipinski definition) is 4. The van der Waals surface area contributed by atoms with E-state index < -0.39 is 0 Å². The van der Waals surface area contributed by atoms with E-state index in [0.717, 1.165) is 15.7 Å². The molecule has 0 saturated carbocycles. The van der Waals surface area contributed by atoms with Gasteiger partial charge in [0, 0.05) is 5.56 Å². The maximum absolute atomic E-state index is 5.89. The van der Waals surface area contributed by atoms with Gasteiger partial charge in [-0.3, -0.25) is 4.40 Å². The molecule has 5 nitrogen and oxygen atoms in total. The van der Waals surface area contributed by atoms with E-state index >= 15 is 0 Å². The van der Waals surface area contributed by atoms with Crippen molar-refractivity contribution in [3.63, 3.8) is 0 Å². The summed E-state index contributed by atoms with van der Waals surface area (Å²) >= 11 is 3.51. The molecule has 2 aromatic heterocycles. The smallest absolute Gasteiger partial charge is 0.207 e. The molecule has 0 atom stereocenters. The zero-order chi connectivity index (χ0) is 12.7. The first kappa shape index (κ1) is 11.2. The van der Waals surface area contributed by atoms with E-state index in [9.17, 15) is 0 Å². The predicted octanol–water partition coefficient (Wildman–Crippen LogP) is 2.44. The molecule has 2 heterocycles. The highest BCUT2D eigenvalue weighted by atomic mass is 79.9. The topological polar surface area (TPSA) is 69.1 Å². The molecule has 0 spiro atoms. The summed E-state index contributed by atoms with van der Waals surface area (Å²) in [4.78, 5) is 4.39. The number of benzene rings is 1. The van der Waals surface area contributed by atoms with Crippen molar-refractivity contribution in [2.75, 3.05) is 5.73 Å². The molecular weight excluding hydrogens is 294 g/mol. The lowest BCUT2D eigenvalue weighted by Gasteiger charge is -2.07. The number of anilines is 1. The normalized spacial score (nSPS) is 11.0. The molecule has 0 aliphatic rings.